The number of aldehydes is 1. The highest BCUT2D eigenvalue weighted by Gasteiger charge is 2.54. The largest absolute Gasteiger partial charge is 0.458 e. The summed E-state index contributed by atoms with van der Waals surface area (Å²) in [6.45, 7) is 5.58. The smallest absolute Gasteiger partial charge is 0.334 e. The van der Waals surface area contributed by atoms with Crippen molar-refractivity contribution in [3.05, 3.63) is 23.3 Å². The molecule has 1 aliphatic heterocycles. The van der Waals surface area contributed by atoms with Crippen molar-refractivity contribution in [2.24, 2.45) is 11.8 Å². The molecule has 2 aliphatic carbocycles. The second-order valence-corrected chi connectivity index (χ2v) is 6.04. The summed E-state index contributed by atoms with van der Waals surface area (Å²) in [5.74, 6) is -0.690. The summed E-state index contributed by atoms with van der Waals surface area (Å²) in [6.07, 6.45) is 3.19. The number of rotatable bonds is 1. The summed E-state index contributed by atoms with van der Waals surface area (Å²) in [5, 5.41) is 10.6. The fourth-order valence-electron chi connectivity index (χ4n) is 3.86. The highest BCUT2D eigenvalue weighted by atomic mass is 16.6. The van der Waals surface area contributed by atoms with Gasteiger partial charge in [-0.15, -0.1) is 0 Å². The number of carbonyl (C=O) groups is 2. The number of fused-ring (bicyclic) bond motifs is 3. The molecule has 1 N–H and O–H groups in total. The first-order chi connectivity index (χ1) is 8.95. The molecule has 4 atom stereocenters. The zero-order valence-corrected chi connectivity index (χ0v) is 11.0. The van der Waals surface area contributed by atoms with Crippen LogP contribution in [0.1, 0.15) is 32.6 Å². The average Bonchev–Trinajstić information content (AvgIpc) is 2.74. The van der Waals surface area contributed by atoms with E-state index in [1.807, 2.05) is 0 Å². The Kier molecular flexibility index (Phi) is 2.68. The Labute approximate surface area is 112 Å². The lowest BCUT2D eigenvalue weighted by atomic mass is 9.79. The van der Waals surface area contributed by atoms with Gasteiger partial charge < -0.3 is 9.84 Å². The Hall–Kier alpha value is -1.42. The topological polar surface area (TPSA) is 63.6 Å². The lowest BCUT2D eigenvalue weighted by Gasteiger charge is -2.32. The molecule has 3 aliphatic rings. The van der Waals surface area contributed by atoms with Crippen LogP contribution in [0.5, 0.6) is 0 Å². The minimum absolute atomic E-state index is 0.0745. The molecule has 4 nitrogen and oxygen atoms in total. The maximum atomic E-state index is 11.7. The van der Waals surface area contributed by atoms with Gasteiger partial charge in [0.15, 0.2) is 0 Å². The van der Waals surface area contributed by atoms with Gasteiger partial charge in [0, 0.05) is 17.4 Å². The molecule has 1 saturated carbocycles. The Morgan fingerprint density at radius 2 is 2.21 bits per heavy atom. The van der Waals surface area contributed by atoms with Gasteiger partial charge >= 0.3 is 5.97 Å². The van der Waals surface area contributed by atoms with Crippen molar-refractivity contribution in [1.82, 2.24) is 0 Å². The second kappa shape index (κ2) is 4.04. The molecule has 1 saturated heterocycles. The summed E-state index contributed by atoms with van der Waals surface area (Å²) < 4.78 is 5.45. The van der Waals surface area contributed by atoms with Crippen molar-refractivity contribution in [3.63, 3.8) is 0 Å². The van der Waals surface area contributed by atoms with E-state index < -0.39 is 5.60 Å². The van der Waals surface area contributed by atoms with Crippen LogP contribution in [-0.4, -0.2) is 29.1 Å². The van der Waals surface area contributed by atoms with Gasteiger partial charge in [-0.1, -0.05) is 12.2 Å². The quantitative estimate of drug-likeness (QED) is 0.442. The summed E-state index contributed by atoms with van der Waals surface area (Å²) in [4.78, 5) is 23.0. The summed E-state index contributed by atoms with van der Waals surface area (Å²) in [6, 6.07) is 0. The van der Waals surface area contributed by atoms with Crippen molar-refractivity contribution in [2.45, 2.75) is 44.3 Å². The molecule has 102 valence electrons. The predicted molar refractivity (Wildman–Crippen MR) is 68.2 cm³/mol. The zero-order chi connectivity index (χ0) is 13.8. The lowest BCUT2D eigenvalue weighted by molar-refractivity contribution is -0.144. The SMILES string of the molecule is C=C1C(=O)O[C@H]2[C@H]1CCC(C=O)=C1CC[C@@](C)(O)[C@@H]12. The van der Waals surface area contributed by atoms with E-state index in [1.54, 1.807) is 6.92 Å². The standard InChI is InChI=1S/C15H18O4/c1-8-10-4-3-9(7-16)11-5-6-15(2,18)12(11)13(10)19-14(8)17/h7,10,12-13,18H,1,3-6H2,2H3/t10-,12-,13-,15+/m0/s1. The molecule has 2 fully saturated rings. The molecule has 0 unspecified atom stereocenters. The number of aliphatic hydroxyl groups is 1. The first kappa shape index (κ1) is 12.6. The highest BCUT2D eigenvalue weighted by Crippen LogP contribution is 2.51. The van der Waals surface area contributed by atoms with Crippen molar-refractivity contribution < 1.29 is 19.4 Å². The Balaban J connectivity index is 2.09. The number of hydrogen-bond donors (Lipinski definition) is 1. The van der Waals surface area contributed by atoms with Gasteiger partial charge in [0.25, 0.3) is 0 Å². The number of carbonyl (C=O) groups excluding carboxylic acids is 2. The van der Waals surface area contributed by atoms with E-state index in [4.69, 9.17) is 4.74 Å². The van der Waals surface area contributed by atoms with E-state index in [9.17, 15) is 14.7 Å². The minimum Gasteiger partial charge on any atom is -0.458 e. The van der Waals surface area contributed by atoms with Crippen LogP contribution in [0.2, 0.25) is 0 Å². The Bertz CT molecular complexity index is 500. The molecule has 0 radical (unpaired) electrons. The van der Waals surface area contributed by atoms with Crippen LogP contribution in [-0.2, 0) is 14.3 Å². The van der Waals surface area contributed by atoms with Crippen LogP contribution in [0.25, 0.3) is 0 Å². The molecular weight excluding hydrogens is 244 g/mol. The fraction of sp³-hybridized carbons (Fsp3) is 0.600. The van der Waals surface area contributed by atoms with Gasteiger partial charge in [0.05, 0.1) is 5.60 Å². The van der Waals surface area contributed by atoms with Gasteiger partial charge in [-0.3, -0.25) is 4.79 Å². The van der Waals surface area contributed by atoms with E-state index in [0.29, 0.717) is 31.3 Å². The molecule has 4 heteroatoms. The maximum Gasteiger partial charge on any atom is 0.334 e. The van der Waals surface area contributed by atoms with Gasteiger partial charge in [0.2, 0.25) is 0 Å². The van der Waals surface area contributed by atoms with Crippen molar-refractivity contribution in [2.75, 3.05) is 0 Å². The van der Waals surface area contributed by atoms with E-state index >= 15 is 0 Å². The number of ether oxygens (including phenoxy) is 1. The van der Waals surface area contributed by atoms with Gasteiger partial charge in [0.1, 0.15) is 12.4 Å². The Morgan fingerprint density at radius 3 is 2.89 bits per heavy atom. The second-order valence-electron chi connectivity index (χ2n) is 6.04. The van der Waals surface area contributed by atoms with Gasteiger partial charge in [-0.25, -0.2) is 4.79 Å². The maximum absolute atomic E-state index is 11.7. The summed E-state index contributed by atoms with van der Waals surface area (Å²) >= 11 is 0. The molecule has 0 bridgehead atoms. The van der Waals surface area contributed by atoms with Crippen LogP contribution in [0.3, 0.4) is 0 Å². The van der Waals surface area contributed by atoms with Crippen LogP contribution in [0, 0.1) is 11.8 Å². The molecule has 0 amide bonds. The van der Waals surface area contributed by atoms with Crippen molar-refractivity contribution in [3.8, 4) is 0 Å². The first-order valence-corrected chi connectivity index (χ1v) is 6.75. The predicted octanol–water partition coefficient (Wildman–Crippen LogP) is 1.53. The molecule has 3 rings (SSSR count). The van der Waals surface area contributed by atoms with Crippen LogP contribution >= 0.6 is 0 Å². The number of hydrogen-bond acceptors (Lipinski definition) is 4. The lowest BCUT2D eigenvalue weighted by Crippen LogP contribution is -2.40. The summed E-state index contributed by atoms with van der Waals surface area (Å²) in [7, 11) is 0. The molecule has 0 aromatic rings. The number of allylic oxidation sites excluding steroid dienone is 1. The molecule has 0 aromatic heterocycles. The van der Waals surface area contributed by atoms with E-state index in [2.05, 4.69) is 6.58 Å². The first-order valence-electron chi connectivity index (χ1n) is 6.75. The molecular formula is C15H18O4. The number of esters is 1. The van der Waals surface area contributed by atoms with E-state index in [0.717, 1.165) is 17.4 Å². The van der Waals surface area contributed by atoms with Crippen LogP contribution < -0.4 is 0 Å². The monoisotopic (exact) mass is 262 g/mol. The third kappa shape index (κ3) is 1.70. The molecule has 1 heterocycles. The molecule has 0 spiro atoms. The van der Waals surface area contributed by atoms with E-state index in [1.165, 1.54) is 0 Å². The third-order valence-electron chi connectivity index (χ3n) is 4.90. The highest BCUT2D eigenvalue weighted by molar-refractivity contribution is 5.91. The van der Waals surface area contributed by atoms with Crippen LogP contribution in [0.4, 0.5) is 0 Å². The van der Waals surface area contributed by atoms with Crippen molar-refractivity contribution >= 4 is 12.3 Å². The van der Waals surface area contributed by atoms with Gasteiger partial charge in [-0.2, -0.15) is 0 Å². The van der Waals surface area contributed by atoms with Crippen LogP contribution in [0.15, 0.2) is 23.3 Å². The molecule has 19 heavy (non-hydrogen) atoms. The van der Waals surface area contributed by atoms with E-state index in [-0.39, 0.29) is 23.9 Å². The van der Waals surface area contributed by atoms with Crippen molar-refractivity contribution in [1.29, 1.82) is 0 Å². The third-order valence-corrected chi connectivity index (χ3v) is 4.90. The fourth-order valence-corrected chi connectivity index (χ4v) is 3.86. The molecule has 0 aromatic carbocycles. The average molecular weight is 262 g/mol. The zero-order valence-electron chi connectivity index (χ0n) is 11.0. The Morgan fingerprint density at radius 1 is 1.47 bits per heavy atom. The minimum atomic E-state index is -0.915. The van der Waals surface area contributed by atoms with Gasteiger partial charge in [-0.05, 0) is 38.2 Å². The summed E-state index contributed by atoms with van der Waals surface area (Å²) in [5.41, 5.74) is 1.33. The normalized spacial score (nSPS) is 41.7.